The van der Waals surface area contributed by atoms with Gasteiger partial charge in [-0.05, 0) is 31.2 Å². The van der Waals surface area contributed by atoms with Gasteiger partial charge < -0.3 is 10.1 Å². The van der Waals surface area contributed by atoms with Gasteiger partial charge in [-0.25, -0.2) is 9.07 Å². The van der Waals surface area contributed by atoms with Crippen LogP contribution in [0.2, 0.25) is 0 Å². The van der Waals surface area contributed by atoms with E-state index in [1.807, 2.05) is 29.8 Å². The smallest absolute Gasteiger partial charge is 0.148 e. The molecule has 0 radical (unpaired) electrons. The predicted octanol–water partition coefficient (Wildman–Crippen LogP) is 2.19. The van der Waals surface area contributed by atoms with Gasteiger partial charge in [-0.2, -0.15) is 5.10 Å². The van der Waals surface area contributed by atoms with Crippen molar-refractivity contribution in [2.75, 3.05) is 11.9 Å². The number of hydrogen-bond donors (Lipinski definition) is 1. The highest BCUT2D eigenvalue weighted by Crippen LogP contribution is 2.25. The fourth-order valence-corrected chi connectivity index (χ4v) is 2.76. The third kappa shape index (κ3) is 3.34. The first-order chi connectivity index (χ1) is 12.2. The molecule has 1 atom stereocenters. The SMILES string of the molecule is Cc1ccc(NCC2Cn3nnc(-c4cccc(F)c4)c3CO2)nn1. The Kier molecular flexibility index (Phi) is 4.10. The van der Waals surface area contributed by atoms with Crippen molar-refractivity contribution < 1.29 is 9.13 Å². The number of aromatic nitrogens is 5. The van der Waals surface area contributed by atoms with E-state index >= 15 is 0 Å². The molecular formula is C17H17FN6O. The maximum Gasteiger partial charge on any atom is 0.148 e. The lowest BCUT2D eigenvalue weighted by atomic mass is 10.1. The third-order valence-electron chi connectivity index (χ3n) is 4.08. The second kappa shape index (κ2) is 6.56. The monoisotopic (exact) mass is 340 g/mol. The van der Waals surface area contributed by atoms with Crippen molar-refractivity contribution in [1.29, 1.82) is 0 Å². The van der Waals surface area contributed by atoms with Gasteiger partial charge in [0.25, 0.3) is 0 Å². The van der Waals surface area contributed by atoms with Crippen LogP contribution in [0, 0.1) is 12.7 Å². The van der Waals surface area contributed by atoms with Crippen LogP contribution < -0.4 is 5.32 Å². The fraction of sp³-hybridized carbons (Fsp3) is 0.294. The number of rotatable bonds is 4. The number of fused-ring (bicyclic) bond motifs is 1. The zero-order chi connectivity index (χ0) is 17.2. The molecule has 3 aromatic rings. The summed E-state index contributed by atoms with van der Waals surface area (Å²) in [5, 5.41) is 19.7. The average Bonchev–Trinajstić information content (AvgIpc) is 3.04. The number of ether oxygens (including phenoxy) is 1. The Balaban J connectivity index is 1.44. The molecule has 0 amide bonds. The number of aryl methyl sites for hydroxylation is 1. The molecule has 1 unspecified atom stereocenters. The molecule has 1 N–H and O–H groups in total. The maximum absolute atomic E-state index is 13.4. The molecular weight excluding hydrogens is 323 g/mol. The molecule has 0 aliphatic carbocycles. The van der Waals surface area contributed by atoms with Gasteiger partial charge in [0.2, 0.25) is 0 Å². The van der Waals surface area contributed by atoms with Gasteiger partial charge in [-0.15, -0.1) is 10.2 Å². The van der Waals surface area contributed by atoms with Crippen LogP contribution in [0.4, 0.5) is 10.2 Å². The number of anilines is 1. The van der Waals surface area contributed by atoms with Gasteiger partial charge in [-0.1, -0.05) is 17.3 Å². The Hall–Kier alpha value is -2.87. The fourth-order valence-electron chi connectivity index (χ4n) is 2.76. The van der Waals surface area contributed by atoms with Crippen LogP contribution in [-0.4, -0.2) is 37.8 Å². The molecule has 1 aromatic carbocycles. The Morgan fingerprint density at radius 1 is 1.24 bits per heavy atom. The van der Waals surface area contributed by atoms with Crippen molar-refractivity contribution in [3.63, 3.8) is 0 Å². The van der Waals surface area contributed by atoms with E-state index in [-0.39, 0.29) is 11.9 Å². The van der Waals surface area contributed by atoms with E-state index < -0.39 is 0 Å². The Morgan fingerprint density at radius 3 is 2.96 bits per heavy atom. The number of hydrogen-bond acceptors (Lipinski definition) is 6. The highest BCUT2D eigenvalue weighted by Gasteiger charge is 2.24. The van der Waals surface area contributed by atoms with Crippen LogP contribution in [0.25, 0.3) is 11.3 Å². The summed E-state index contributed by atoms with van der Waals surface area (Å²) in [6.07, 6.45) is -0.0577. The predicted molar refractivity (Wildman–Crippen MR) is 89.3 cm³/mol. The molecule has 3 heterocycles. The average molecular weight is 340 g/mol. The highest BCUT2D eigenvalue weighted by molar-refractivity contribution is 5.61. The van der Waals surface area contributed by atoms with E-state index in [0.717, 1.165) is 11.4 Å². The minimum atomic E-state index is -0.294. The first-order valence-corrected chi connectivity index (χ1v) is 8.03. The molecule has 0 bridgehead atoms. The van der Waals surface area contributed by atoms with E-state index in [4.69, 9.17) is 4.74 Å². The molecule has 2 aromatic heterocycles. The number of benzene rings is 1. The van der Waals surface area contributed by atoms with Crippen molar-refractivity contribution in [2.24, 2.45) is 0 Å². The van der Waals surface area contributed by atoms with Crippen molar-refractivity contribution in [3.8, 4) is 11.3 Å². The Labute approximate surface area is 143 Å². The second-order valence-corrected chi connectivity index (χ2v) is 5.95. The number of nitrogens with zero attached hydrogens (tertiary/aromatic N) is 5. The van der Waals surface area contributed by atoms with E-state index in [2.05, 4.69) is 25.8 Å². The Morgan fingerprint density at radius 2 is 2.16 bits per heavy atom. The summed E-state index contributed by atoms with van der Waals surface area (Å²) in [7, 11) is 0. The summed E-state index contributed by atoms with van der Waals surface area (Å²) >= 11 is 0. The van der Waals surface area contributed by atoms with Crippen LogP contribution in [0.1, 0.15) is 11.4 Å². The van der Waals surface area contributed by atoms with Gasteiger partial charge in [-0.3, -0.25) is 0 Å². The first kappa shape index (κ1) is 15.6. The minimum Gasteiger partial charge on any atom is -0.368 e. The molecule has 128 valence electrons. The standard InChI is InChI=1S/C17H17FN6O/c1-11-5-6-16(21-20-11)19-8-14-9-24-15(10-25-14)17(22-23-24)12-3-2-4-13(18)7-12/h2-7,14H,8-10H2,1H3,(H,19,21). The summed E-state index contributed by atoms with van der Waals surface area (Å²) in [4.78, 5) is 0. The largest absolute Gasteiger partial charge is 0.368 e. The third-order valence-corrected chi connectivity index (χ3v) is 4.08. The van der Waals surface area contributed by atoms with Gasteiger partial charge in [0.15, 0.2) is 0 Å². The molecule has 4 rings (SSSR count). The molecule has 0 fully saturated rings. The van der Waals surface area contributed by atoms with Crippen LogP contribution in [-0.2, 0) is 17.9 Å². The lowest BCUT2D eigenvalue weighted by molar-refractivity contribution is 0.00882. The normalized spacial score (nSPS) is 16.5. The lowest BCUT2D eigenvalue weighted by Gasteiger charge is -2.24. The summed E-state index contributed by atoms with van der Waals surface area (Å²) in [5.74, 6) is 0.413. The zero-order valence-corrected chi connectivity index (χ0v) is 13.7. The van der Waals surface area contributed by atoms with Crippen LogP contribution in [0.5, 0.6) is 0 Å². The van der Waals surface area contributed by atoms with Gasteiger partial charge in [0.1, 0.15) is 17.3 Å². The van der Waals surface area contributed by atoms with Crippen LogP contribution in [0.3, 0.4) is 0 Å². The quantitative estimate of drug-likeness (QED) is 0.784. The van der Waals surface area contributed by atoms with Gasteiger partial charge in [0.05, 0.1) is 30.6 Å². The van der Waals surface area contributed by atoms with E-state index in [1.165, 1.54) is 12.1 Å². The molecule has 0 spiro atoms. The van der Waals surface area contributed by atoms with Crippen molar-refractivity contribution >= 4 is 5.82 Å². The van der Waals surface area contributed by atoms with Crippen LogP contribution >= 0.6 is 0 Å². The summed E-state index contributed by atoms with van der Waals surface area (Å²) < 4.78 is 21.1. The molecule has 25 heavy (non-hydrogen) atoms. The van der Waals surface area contributed by atoms with Crippen molar-refractivity contribution in [3.05, 3.63) is 53.6 Å². The lowest BCUT2D eigenvalue weighted by Crippen LogP contribution is -2.33. The minimum absolute atomic E-state index is 0.0577. The second-order valence-electron chi connectivity index (χ2n) is 5.95. The summed E-state index contributed by atoms with van der Waals surface area (Å²) in [6, 6.07) is 10.1. The van der Waals surface area contributed by atoms with Crippen molar-refractivity contribution in [1.82, 2.24) is 25.2 Å². The van der Waals surface area contributed by atoms with E-state index in [0.29, 0.717) is 36.8 Å². The van der Waals surface area contributed by atoms with Gasteiger partial charge in [0, 0.05) is 12.1 Å². The summed E-state index contributed by atoms with van der Waals surface area (Å²) in [6.45, 7) is 3.44. The maximum atomic E-state index is 13.4. The molecule has 1 aliphatic heterocycles. The Bertz CT molecular complexity index is 879. The first-order valence-electron chi connectivity index (χ1n) is 8.03. The topological polar surface area (TPSA) is 77.8 Å². The number of halogens is 1. The molecule has 1 aliphatic rings. The molecule has 0 saturated heterocycles. The molecule has 0 saturated carbocycles. The van der Waals surface area contributed by atoms with Gasteiger partial charge >= 0.3 is 0 Å². The summed E-state index contributed by atoms with van der Waals surface area (Å²) in [5.41, 5.74) is 3.10. The van der Waals surface area contributed by atoms with Crippen LogP contribution in [0.15, 0.2) is 36.4 Å². The molecule has 8 heteroatoms. The zero-order valence-electron chi connectivity index (χ0n) is 13.7. The van der Waals surface area contributed by atoms with E-state index in [1.54, 1.807) is 6.07 Å². The van der Waals surface area contributed by atoms with E-state index in [9.17, 15) is 4.39 Å². The molecule has 7 nitrogen and oxygen atoms in total. The highest BCUT2D eigenvalue weighted by atomic mass is 19.1. The van der Waals surface area contributed by atoms with Crippen molar-refractivity contribution in [2.45, 2.75) is 26.2 Å². The number of nitrogens with one attached hydrogen (secondary N) is 1.